The van der Waals surface area contributed by atoms with Gasteiger partial charge in [0.05, 0.1) is 21.7 Å². The van der Waals surface area contributed by atoms with Gasteiger partial charge in [-0.3, -0.25) is 9.55 Å². The molecule has 0 spiro atoms. The van der Waals surface area contributed by atoms with Crippen LogP contribution in [0.2, 0.25) is 0 Å². The average molecular weight is 483 g/mol. The summed E-state index contributed by atoms with van der Waals surface area (Å²) in [6.45, 7) is 2.02. The Kier molecular flexibility index (Phi) is 6.08. The van der Waals surface area contributed by atoms with Gasteiger partial charge in [-0.15, -0.1) is 21.5 Å². The third kappa shape index (κ3) is 4.17. The molecule has 0 aliphatic heterocycles. The van der Waals surface area contributed by atoms with Crippen LogP contribution in [-0.2, 0) is 0 Å². The summed E-state index contributed by atoms with van der Waals surface area (Å²) in [6, 6.07) is 21.5. The minimum absolute atomic E-state index is 0.0474. The first-order chi connectivity index (χ1) is 16.7. The predicted molar refractivity (Wildman–Crippen MR) is 135 cm³/mol. The van der Waals surface area contributed by atoms with Crippen LogP contribution in [0.4, 0.5) is 0 Å². The monoisotopic (exact) mass is 482 g/mol. The molecule has 3 aromatic heterocycles. The summed E-state index contributed by atoms with van der Waals surface area (Å²) in [5.74, 6) is 0.754. The fourth-order valence-electron chi connectivity index (χ4n) is 3.50. The van der Waals surface area contributed by atoms with Crippen LogP contribution in [0.15, 0.2) is 84.0 Å². The van der Waals surface area contributed by atoms with Crippen LogP contribution in [-0.4, -0.2) is 35.6 Å². The van der Waals surface area contributed by atoms with E-state index in [1.807, 2.05) is 72.2 Å². The van der Waals surface area contributed by atoms with E-state index in [1.165, 1.54) is 23.1 Å². The largest absolute Gasteiger partial charge is 0.510 e. The molecule has 166 valence electrons. The summed E-state index contributed by atoms with van der Waals surface area (Å²) in [7, 11) is 0. The lowest BCUT2D eigenvalue weighted by Gasteiger charge is -2.12. The lowest BCUT2D eigenvalue weighted by atomic mass is 10.2. The second-order valence-corrected chi connectivity index (χ2v) is 9.35. The number of rotatable bonds is 6. The maximum absolute atomic E-state index is 10.8. The molecule has 0 fully saturated rings. The number of aliphatic hydroxyl groups is 1. The van der Waals surface area contributed by atoms with E-state index < -0.39 is 0 Å². The molecule has 0 amide bonds. The van der Waals surface area contributed by atoms with Crippen molar-refractivity contribution >= 4 is 38.9 Å². The van der Waals surface area contributed by atoms with Gasteiger partial charge < -0.3 is 5.11 Å². The van der Waals surface area contributed by atoms with Gasteiger partial charge in [-0.25, -0.2) is 4.98 Å². The van der Waals surface area contributed by atoms with Gasteiger partial charge in [0.2, 0.25) is 0 Å². The molecule has 0 atom stereocenters. The van der Waals surface area contributed by atoms with E-state index in [0.717, 1.165) is 27.0 Å². The highest BCUT2D eigenvalue weighted by Crippen LogP contribution is 2.32. The quantitative estimate of drug-likeness (QED) is 0.184. The Labute approximate surface area is 204 Å². The number of nitriles is 1. The van der Waals surface area contributed by atoms with Crippen LogP contribution in [0, 0.1) is 18.3 Å². The molecule has 9 heteroatoms. The third-order valence-corrected chi connectivity index (χ3v) is 7.15. The SMILES string of the molecule is Cc1ccccc1-n1c(SC/C(O)=C(/C#N)c2nc3ccccc3s2)nnc1-c1cccnc1. The highest BCUT2D eigenvalue weighted by atomic mass is 32.2. The van der Waals surface area contributed by atoms with E-state index >= 15 is 0 Å². The average Bonchev–Trinajstić information content (AvgIpc) is 3.48. The number of thiazole rings is 1. The number of hydrogen-bond donors (Lipinski definition) is 1. The number of thioether (sulfide) groups is 1. The van der Waals surface area contributed by atoms with Gasteiger partial charge in [0.25, 0.3) is 0 Å². The van der Waals surface area contributed by atoms with Crippen LogP contribution in [0.1, 0.15) is 10.6 Å². The van der Waals surface area contributed by atoms with Crippen molar-refractivity contribution in [3.05, 3.63) is 89.4 Å². The van der Waals surface area contributed by atoms with E-state index in [1.54, 1.807) is 12.4 Å². The fraction of sp³-hybridized carbons (Fsp3) is 0.0800. The van der Waals surface area contributed by atoms with E-state index in [9.17, 15) is 10.4 Å². The minimum atomic E-state index is -0.0474. The number of fused-ring (bicyclic) bond motifs is 1. The molecule has 2 aromatic carbocycles. The van der Waals surface area contributed by atoms with Gasteiger partial charge in [0.1, 0.15) is 22.4 Å². The second kappa shape index (κ2) is 9.47. The smallest absolute Gasteiger partial charge is 0.196 e. The number of nitrogens with zero attached hydrogens (tertiary/aromatic N) is 6. The van der Waals surface area contributed by atoms with Crippen molar-refractivity contribution < 1.29 is 5.11 Å². The maximum Gasteiger partial charge on any atom is 0.196 e. The highest BCUT2D eigenvalue weighted by molar-refractivity contribution is 7.99. The first-order valence-electron chi connectivity index (χ1n) is 10.4. The van der Waals surface area contributed by atoms with Crippen LogP contribution >= 0.6 is 23.1 Å². The van der Waals surface area contributed by atoms with Gasteiger partial charge in [-0.2, -0.15) is 5.26 Å². The van der Waals surface area contributed by atoms with Crippen molar-refractivity contribution in [1.29, 1.82) is 5.26 Å². The first kappa shape index (κ1) is 21.8. The Morgan fingerprint density at radius 3 is 2.68 bits per heavy atom. The third-order valence-electron chi connectivity index (χ3n) is 5.16. The molecular weight excluding hydrogens is 464 g/mol. The zero-order chi connectivity index (χ0) is 23.5. The molecule has 3 heterocycles. The Hall–Kier alpha value is -4.00. The van der Waals surface area contributed by atoms with Crippen molar-refractivity contribution in [3.63, 3.8) is 0 Å². The summed E-state index contributed by atoms with van der Waals surface area (Å²) in [4.78, 5) is 8.72. The standard InChI is InChI=1S/C25H18N6OS2/c1-16-7-2-4-10-20(16)31-23(17-8-6-12-27-14-17)29-30-25(31)33-15-21(32)18(13-26)24-28-19-9-3-5-11-22(19)34-24/h2-12,14,32H,15H2,1H3/b21-18+. The number of hydrogen-bond acceptors (Lipinski definition) is 8. The predicted octanol–water partition coefficient (Wildman–Crippen LogP) is 5.83. The molecule has 7 nitrogen and oxygen atoms in total. The molecule has 34 heavy (non-hydrogen) atoms. The van der Waals surface area contributed by atoms with E-state index in [0.29, 0.717) is 16.0 Å². The van der Waals surface area contributed by atoms with Crippen molar-refractivity contribution in [1.82, 2.24) is 24.7 Å². The number of aryl methyl sites for hydroxylation is 1. The molecule has 0 bridgehead atoms. The fourth-order valence-corrected chi connectivity index (χ4v) is 5.30. The Bertz CT molecular complexity index is 1520. The van der Waals surface area contributed by atoms with Crippen LogP contribution in [0.25, 0.3) is 32.9 Å². The summed E-state index contributed by atoms with van der Waals surface area (Å²) < 4.78 is 2.92. The number of aliphatic hydroxyl groups excluding tert-OH is 1. The zero-order valence-electron chi connectivity index (χ0n) is 18.1. The van der Waals surface area contributed by atoms with Crippen LogP contribution in [0.3, 0.4) is 0 Å². The molecule has 5 rings (SSSR count). The second-order valence-electron chi connectivity index (χ2n) is 7.38. The number of allylic oxidation sites excluding steroid dienone is 1. The minimum Gasteiger partial charge on any atom is -0.510 e. The molecular formula is C25H18N6OS2. The molecule has 1 N–H and O–H groups in total. The van der Waals surface area contributed by atoms with E-state index in [-0.39, 0.29) is 17.1 Å². The summed E-state index contributed by atoms with van der Waals surface area (Å²) in [5, 5.41) is 30.5. The van der Waals surface area contributed by atoms with Crippen LogP contribution < -0.4 is 0 Å². The van der Waals surface area contributed by atoms with Crippen molar-refractivity contribution in [2.24, 2.45) is 0 Å². The van der Waals surface area contributed by atoms with E-state index in [4.69, 9.17) is 0 Å². The number of para-hydroxylation sites is 2. The Morgan fingerprint density at radius 2 is 1.91 bits per heavy atom. The van der Waals surface area contributed by atoms with Gasteiger partial charge in [-0.1, -0.05) is 42.1 Å². The number of benzene rings is 2. The molecule has 0 aliphatic rings. The summed E-state index contributed by atoms with van der Waals surface area (Å²) >= 11 is 2.69. The molecule has 0 saturated carbocycles. The first-order valence-corrected chi connectivity index (χ1v) is 12.2. The zero-order valence-corrected chi connectivity index (χ0v) is 19.7. The normalized spacial score (nSPS) is 11.9. The number of aromatic nitrogens is 5. The van der Waals surface area contributed by atoms with Crippen molar-refractivity contribution in [2.45, 2.75) is 12.1 Å². The Morgan fingerprint density at radius 1 is 1.09 bits per heavy atom. The molecule has 0 unspecified atom stereocenters. The van der Waals surface area contributed by atoms with Crippen molar-refractivity contribution in [3.8, 4) is 23.1 Å². The lowest BCUT2D eigenvalue weighted by molar-refractivity contribution is 0.420. The summed E-state index contributed by atoms with van der Waals surface area (Å²) in [5.41, 5.74) is 3.79. The van der Waals surface area contributed by atoms with Gasteiger partial charge in [-0.05, 0) is 42.8 Å². The topological polar surface area (TPSA) is 101 Å². The molecule has 5 aromatic rings. The van der Waals surface area contributed by atoms with Gasteiger partial charge in [0, 0.05) is 18.0 Å². The number of pyridine rings is 1. The maximum atomic E-state index is 10.8. The van der Waals surface area contributed by atoms with Crippen molar-refractivity contribution in [2.75, 3.05) is 5.75 Å². The van der Waals surface area contributed by atoms with E-state index in [2.05, 4.69) is 26.2 Å². The van der Waals surface area contributed by atoms with Gasteiger partial charge in [0.15, 0.2) is 11.0 Å². The molecule has 0 saturated heterocycles. The molecule has 0 radical (unpaired) electrons. The molecule has 0 aliphatic carbocycles. The van der Waals surface area contributed by atoms with Crippen LogP contribution in [0.5, 0.6) is 0 Å². The Balaban J connectivity index is 1.51. The summed E-state index contributed by atoms with van der Waals surface area (Å²) in [6.07, 6.45) is 3.45. The highest BCUT2D eigenvalue weighted by Gasteiger charge is 2.20. The van der Waals surface area contributed by atoms with Gasteiger partial charge >= 0.3 is 0 Å². The lowest BCUT2D eigenvalue weighted by Crippen LogP contribution is -2.03.